The van der Waals surface area contributed by atoms with E-state index in [-0.39, 0.29) is 11.7 Å². The van der Waals surface area contributed by atoms with Crippen LogP contribution in [0.3, 0.4) is 0 Å². The van der Waals surface area contributed by atoms with Crippen molar-refractivity contribution in [3.05, 3.63) is 100 Å². The molecule has 1 heterocycles. The van der Waals surface area contributed by atoms with E-state index in [4.69, 9.17) is 4.74 Å². The van der Waals surface area contributed by atoms with Gasteiger partial charge in [0.05, 0.1) is 5.70 Å². The molecule has 0 atom stereocenters. The fourth-order valence-corrected chi connectivity index (χ4v) is 4.55. The molecule has 0 aliphatic carbocycles. The number of amides is 1. The molecule has 2 N–H and O–H groups in total. The summed E-state index contributed by atoms with van der Waals surface area (Å²) in [5.74, 6) is 1.46. The van der Waals surface area contributed by atoms with Gasteiger partial charge < -0.3 is 4.74 Å². The summed E-state index contributed by atoms with van der Waals surface area (Å²) in [6.07, 6.45) is 1.93. The molecule has 0 spiro atoms. The van der Waals surface area contributed by atoms with Crippen LogP contribution in [0.5, 0.6) is 5.75 Å². The van der Waals surface area contributed by atoms with Crippen molar-refractivity contribution < 1.29 is 13.9 Å². The monoisotopic (exact) mass is 462 g/mol. The van der Waals surface area contributed by atoms with E-state index >= 15 is 0 Å². The first kappa shape index (κ1) is 22.9. The first-order valence-electron chi connectivity index (χ1n) is 10.9. The minimum Gasteiger partial charge on any atom is -0.489 e. The lowest BCUT2D eigenvalue weighted by atomic mass is 10.0. The predicted octanol–water partition coefficient (Wildman–Crippen LogP) is 6.22. The smallest absolute Gasteiger partial charge is 0.269 e. The van der Waals surface area contributed by atoms with Crippen LogP contribution in [0.4, 0.5) is 4.39 Å². The van der Waals surface area contributed by atoms with Gasteiger partial charge in [-0.25, -0.2) is 4.39 Å². The van der Waals surface area contributed by atoms with Gasteiger partial charge in [-0.05, 0) is 72.0 Å². The van der Waals surface area contributed by atoms with Gasteiger partial charge in [0.2, 0.25) is 0 Å². The number of fused-ring (bicyclic) bond motifs is 1. The zero-order valence-corrected chi connectivity index (χ0v) is 19.8. The molecule has 0 aromatic heterocycles. The third kappa shape index (κ3) is 5.57. The van der Waals surface area contributed by atoms with E-state index in [2.05, 4.69) is 49.8 Å². The molecule has 1 amide bonds. The van der Waals surface area contributed by atoms with Crippen LogP contribution in [0.15, 0.2) is 71.6 Å². The van der Waals surface area contributed by atoms with Crippen LogP contribution in [0.1, 0.15) is 52.4 Å². The molecule has 1 aliphatic rings. The van der Waals surface area contributed by atoms with Gasteiger partial charge in [0, 0.05) is 21.8 Å². The quantitative estimate of drug-likeness (QED) is 0.410. The molecule has 4 rings (SSSR count). The maximum absolute atomic E-state index is 13.7. The van der Waals surface area contributed by atoms with Crippen LogP contribution in [-0.2, 0) is 6.61 Å². The predicted molar refractivity (Wildman–Crippen MR) is 132 cm³/mol. The summed E-state index contributed by atoms with van der Waals surface area (Å²) in [5, 5.41) is 0. The first-order valence-corrected chi connectivity index (χ1v) is 11.9. The maximum Gasteiger partial charge on any atom is 0.269 e. The van der Waals surface area contributed by atoms with Gasteiger partial charge in [0.15, 0.2) is 0 Å². The highest BCUT2D eigenvalue weighted by Crippen LogP contribution is 2.32. The second-order valence-corrected chi connectivity index (χ2v) is 9.39. The molecule has 6 heteroatoms. The van der Waals surface area contributed by atoms with Crippen molar-refractivity contribution in [3.63, 3.8) is 0 Å². The van der Waals surface area contributed by atoms with Gasteiger partial charge in [0.25, 0.3) is 5.91 Å². The number of thioether (sulfide) groups is 1. The Morgan fingerprint density at radius 2 is 1.88 bits per heavy atom. The van der Waals surface area contributed by atoms with Crippen molar-refractivity contribution in [1.29, 1.82) is 0 Å². The highest BCUT2D eigenvalue weighted by molar-refractivity contribution is 7.99. The Kier molecular flexibility index (Phi) is 7.04. The van der Waals surface area contributed by atoms with E-state index in [1.807, 2.05) is 18.2 Å². The van der Waals surface area contributed by atoms with E-state index in [1.165, 1.54) is 17.7 Å². The van der Waals surface area contributed by atoms with E-state index in [0.717, 1.165) is 33.1 Å². The van der Waals surface area contributed by atoms with Crippen molar-refractivity contribution in [3.8, 4) is 5.75 Å². The second kappa shape index (κ2) is 10.1. The molecule has 3 aromatic carbocycles. The van der Waals surface area contributed by atoms with E-state index in [9.17, 15) is 9.18 Å². The van der Waals surface area contributed by atoms with Crippen LogP contribution in [0.25, 0.3) is 5.70 Å². The van der Waals surface area contributed by atoms with Gasteiger partial charge in [0.1, 0.15) is 18.2 Å². The van der Waals surface area contributed by atoms with Crippen molar-refractivity contribution in [2.75, 3.05) is 5.75 Å². The summed E-state index contributed by atoms with van der Waals surface area (Å²) < 4.78 is 19.7. The summed E-state index contributed by atoms with van der Waals surface area (Å²) in [7, 11) is 0. The van der Waals surface area contributed by atoms with Crippen LogP contribution >= 0.6 is 11.8 Å². The lowest BCUT2D eigenvalue weighted by Crippen LogP contribution is -2.36. The first-order chi connectivity index (χ1) is 15.9. The van der Waals surface area contributed by atoms with Crippen LogP contribution in [0, 0.1) is 12.7 Å². The van der Waals surface area contributed by atoms with E-state index in [0.29, 0.717) is 23.8 Å². The minimum absolute atomic E-state index is 0.264. The lowest BCUT2D eigenvalue weighted by molar-refractivity contribution is 0.0942. The number of rotatable bonds is 7. The summed E-state index contributed by atoms with van der Waals surface area (Å²) in [5.41, 5.74) is 10.9. The normalized spacial score (nSPS) is 12.7. The van der Waals surface area contributed by atoms with Crippen molar-refractivity contribution in [1.82, 2.24) is 10.9 Å². The number of ether oxygens (including phenoxy) is 1. The van der Waals surface area contributed by atoms with E-state index < -0.39 is 0 Å². The summed E-state index contributed by atoms with van der Waals surface area (Å²) in [6.45, 7) is 6.78. The molecule has 0 saturated carbocycles. The fourth-order valence-electron chi connectivity index (χ4n) is 3.63. The van der Waals surface area contributed by atoms with Crippen molar-refractivity contribution >= 4 is 23.4 Å². The molecule has 33 heavy (non-hydrogen) atoms. The Balaban J connectivity index is 1.36. The average Bonchev–Trinajstić information content (AvgIpc) is 2.81. The topological polar surface area (TPSA) is 50.4 Å². The van der Waals surface area contributed by atoms with Crippen molar-refractivity contribution in [2.24, 2.45) is 0 Å². The molecule has 1 aliphatic heterocycles. The van der Waals surface area contributed by atoms with Gasteiger partial charge >= 0.3 is 0 Å². The van der Waals surface area contributed by atoms with Gasteiger partial charge in [-0.3, -0.25) is 15.6 Å². The average molecular weight is 463 g/mol. The molecule has 4 nitrogen and oxygen atoms in total. The number of aryl methyl sites for hydroxylation is 1. The van der Waals surface area contributed by atoms with Gasteiger partial charge in [-0.1, -0.05) is 38.1 Å². The van der Waals surface area contributed by atoms with Crippen molar-refractivity contribution in [2.45, 2.75) is 38.2 Å². The highest BCUT2D eigenvalue weighted by atomic mass is 32.2. The van der Waals surface area contributed by atoms with Crippen LogP contribution < -0.4 is 15.6 Å². The Hall–Kier alpha value is -3.25. The second-order valence-electron chi connectivity index (χ2n) is 8.33. The largest absolute Gasteiger partial charge is 0.489 e. The number of carbonyl (C=O) groups is 1. The Labute approximate surface area is 198 Å². The standard InChI is InChI=1S/C27H27FN2O2S/c1-17(2)22-10-4-18(3)14-25(22)32-16-19-5-7-20(8-6-19)27(31)30-29-24-12-13-33-26-11-9-21(28)15-23(24)26/h4-12,14-15,17,29H,13,16H2,1-3H3,(H,30,31). The number of hydrazine groups is 1. The SMILES string of the molecule is Cc1ccc(C(C)C)c(OCc2ccc(C(=O)NNC3=CCSc4ccc(F)cc43)cc2)c1. The molecular formula is C27H27FN2O2S. The third-order valence-electron chi connectivity index (χ3n) is 5.47. The molecule has 3 aromatic rings. The molecule has 170 valence electrons. The number of hydrogen-bond acceptors (Lipinski definition) is 4. The van der Waals surface area contributed by atoms with Gasteiger partial charge in [-0.2, -0.15) is 0 Å². The number of halogens is 1. The summed E-state index contributed by atoms with van der Waals surface area (Å²) in [6, 6.07) is 18.3. The zero-order valence-electron chi connectivity index (χ0n) is 18.9. The van der Waals surface area contributed by atoms with Crippen LogP contribution in [-0.4, -0.2) is 11.7 Å². The van der Waals surface area contributed by atoms with E-state index in [1.54, 1.807) is 30.0 Å². The summed E-state index contributed by atoms with van der Waals surface area (Å²) >= 11 is 1.63. The third-order valence-corrected chi connectivity index (χ3v) is 6.47. The fraction of sp³-hybridized carbons (Fsp3) is 0.222. The maximum atomic E-state index is 13.7. The van der Waals surface area contributed by atoms with Crippen LogP contribution in [0.2, 0.25) is 0 Å². The Morgan fingerprint density at radius 1 is 1.09 bits per heavy atom. The number of hydrogen-bond donors (Lipinski definition) is 2. The summed E-state index contributed by atoms with van der Waals surface area (Å²) in [4.78, 5) is 13.6. The minimum atomic E-state index is -0.306. The molecule has 0 bridgehead atoms. The number of nitrogens with one attached hydrogen (secondary N) is 2. The van der Waals surface area contributed by atoms with Gasteiger partial charge in [-0.15, -0.1) is 11.8 Å². The molecule has 0 fully saturated rings. The number of carbonyl (C=O) groups excluding carboxylic acids is 1. The molecule has 0 saturated heterocycles. The lowest BCUT2D eigenvalue weighted by Gasteiger charge is -2.19. The molecule has 0 unspecified atom stereocenters. The number of benzene rings is 3. The molecule has 0 radical (unpaired) electrons. The molecular weight excluding hydrogens is 435 g/mol. The highest BCUT2D eigenvalue weighted by Gasteiger charge is 2.15. The zero-order chi connectivity index (χ0) is 23.4. The Morgan fingerprint density at radius 3 is 2.64 bits per heavy atom. The Bertz CT molecular complexity index is 1190.